The van der Waals surface area contributed by atoms with Crippen molar-refractivity contribution < 1.29 is 15.0 Å². The van der Waals surface area contributed by atoms with E-state index in [1.54, 1.807) is 6.20 Å². The van der Waals surface area contributed by atoms with Gasteiger partial charge in [0.05, 0.1) is 12.0 Å². The number of rotatable bonds is 4. The third kappa shape index (κ3) is 3.71. The van der Waals surface area contributed by atoms with Crippen molar-refractivity contribution >= 4 is 17.6 Å². The summed E-state index contributed by atoms with van der Waals surface area (Å²) in [5, 5.41) is 19.4. The molecular formula is C19H23N5O3. The van der Waals surface area contributed by atoms with Crippen molar-refractivity contribution in [1.29, 1.82) is 0 Å². The zero-order valence-corrected chi connectivity index (χ0v) is 15.0. The molecule has 142 valence electrons. The molecule has 0 amide bonds. The first-order valence-corrected chi connectivity index (χ1v) is 9.25. The van der Waals surface area contributed by atoms with Gasteiger partial charge in [0.2, 0.25) is 0 Å². The average Bonchev–Trinajstić information content (AvgIpc) is 3.15. The molecule has 0 spiro atoms. The number of hydrogen-bond acceptors (Lipinski definition) is 7. The number of aliphatic hydroxyl groups is 1. The van der Waals surface area contributed by atoms with Gasteiger partial charge in [0.25, 0.3) is 0 Å². The highest BCUT2D eigenvalue weighted by Gasteiger charge is 2.40. The minimum absolute atomic E-state index is 0.174. The number of nitrogens with zero attached hydrogens (tertiary/aromatic N) is 5. The minimum atomic E-state index is -0.813. The summed E-state index contributed by atoms with van der Waals surface area (Å²) in [5.41, 5.74) is 0.798. The number of aliphatic carboxylic acids is 1. The van der Waals surface area contributed by atoms with Crippen LogP contribution < -0.4 is 9.80 Å². The van der Waals surface area contributed by atoms with Crippen LogP contribution in [0.4, 0.5) is 11.6 Å². The quantitative estimate of drug-likeness (QED) is 0.827. The third-order valence-electron chi connectivity index (χ3n) is 5.46. The van der Waals surface area contributed by atoms with Crippen LogP contribution in [0.5, 0.6) is 0 Å². The lowest BCUT2D eigenvalue weighted by atomic mass is 9.93. The van der Waals surface area contributed by atoms with Crippen LogP contribution in [-0.4, -0.2) is 63.4 Å². The van der Waals surface area contributed by atoms with Crippen LogP contribution in [-0.2, 0) is 4.79 Å². The van der Waals surface area contributed by atoms with E-state index in [1.165, 1.54) is 6.33 Å². The first kappa shape index (κ1) is 17.7. The van der Waals surface area contributed by atoms with Crippen molar-refractivity contribution in [1.82, 2.24) is 15.0 Å². The number of anilines is 2. The van der Waals surface area contributed by atoms with Crippen molar-refractivity contribution in [3.05, 3.63) is 42.5 Å². The molecule has 2 aromatic heterocycles. The molecule has 0 radical (unpaired) electrons. The number of hydrogen-bond donors (Lipinski definition) is 2. The molecule has 2 atom stereocenters. The SMILES string of the molecule is O=C(O)[C@@H]1CN(c2cc(N3CCC(O)CC3)ncn2)C[C@H]1c1ccccn1. The molecule has 4 rings (SSSR count). The molecule has 0 aliphatic carbocycles. The number of carbonyl (C=O) groups is 1. The Morgan fingerprint density at radius 1 is 1.04 bits per heavy atom. The fourth-order valence-electron chi connectivity index (χ4n) is 3.91. The van der Waals surface area contributed by atoms with Gasteiger partial charge >= 0.3 is 5.97 Å². The predicted molar refractivity (Wildman–Crippen MR) is 99.8 cm³/mol. The normalized spacial score (nSPS) is 23.6. The van der Waals surface area contributed by atoms with Gasteiger partial charge in [-0.3, -0.25) is 9.78 Å². The number of carboxylic acids is 1. The van der Waals surface area contributed by atoms with Gasteiger partial charge in [-0.05, 0) is 25.0 Å². The predicted octanol–water partition coefficient (Wildman–Crippen LogP) is 1.14. The summed E-state index contributed by atoms with van der Waals surface area (Å²) in [4.78, 5) is 29.0. The van der Waals surface area contributed by atoms with Crippen LogP contribution in [0.1, 0.15) is 24.5 Å². The van der Waals surface area contributed by atoms with E-state index in [1.807, 2.05) is 29.2 Å². The molecule has 8 nitrogen and oxygen atoms in total. The topological polar surface area (TPSA) is 103 Å². The maximum atomic E-state index is 11.8. The number of pyridine rings is 1. The molecule has 2 aliphatic heterocycles. The molecule has 2 fully saturated rings. The van der Waals surface area contributed by atoms with E-state index in [0.717, 1.165) is 43.3 Å². The second kappa shape index (κ2) is 7.48. The summed E-state index contributed by atoms with van der Waals surface area (Å²) >= 11 is 0. The van der Waals surface area contributed by atoms with Crippen LogP contribution in [0.25, 0.3) is 0 Å². The maximum Gasteiger partial charge on any atom is 0.309 e. The lowest BCUT2D eigenvalue weighted by Gasteiger charge is -2.31. The van der Waals surface area contributed by atoms with Gasteiger partial charge in [-0.25, -0.2) is 9.97 Å². The van der Waals surface area contributed by atoms with Crippen LogP contribution in [0.2, 0.25) is 0 Å². The zero-order valence-electron chi connectivity index (χ0n) is 15.0. The minimum Gasteiger partial charge on any atom is -0.481 e. The van der Waals surface area contributed by atoms with E-state index in [0.29, 0.717) is 13.1 Å². The molecule has 2 saturated heterocycles. The zero-order chi connectivity index (χ0) is 18.8. The van der Waals surface area contributed by atoms with E-state index >= 15 is 0 Å². The van der Waals surface area contributed by atoms with Gasteiger partial charge < -0.3 is 20.0 Å². The summed E-state index contributed by atoms with van der Waals surface area (Å²) in [6, 6.07) is 7.52. The number of carboxylic acid groups (broad SMARTS) is 1. The standard InChI is InChI=1S/C19H23N5O3/c25-13-4-7-23(8-5-13)17-9-18(22-12-21-17)24-10-14(15(11-24)19(26)27)16-3-1-2-6-20-16/h1-3,6,9,12-15,25H,4-5,7-8,10-11H2,(H,26,27)/t14-,15-/m1/s1. The van der Waals surface area contributed by atoms with E-state index in [9.17, 15) is 15.0 Å². The van der Waals surface area contributed by atoms with Crippen LogP contribution in [0.15, 0.2) is 36.8 Å². The Morgan fingerprint density at radius 3 is 2.44 bits per heavy atom. The number of piperidine rings is 1. The second-order valence-corrected chi connectivity index (χ2v) is 7.16. The summed E-state index contributed by atoms with van der Waals surface area (Å²) in [5.74, 6) is 0.0408. The smallest absolute Gasteiger partial charge is 0.309 e. The summed E-state index contributed by atoms with van der Waals surface area (Å²) in [7, 11) is 0. The Hall–Kier alpha value is -2.74. The molecule has 8 heteroatoms. The van der Waals surface area contributed by atoms with E-state index in [-0.39, 0.29) is 12.0 Å². The monoisotopic (exact) mass is 369 g/mol. The molecule has 0 unspecified atom stereocenters. The molecule has 0 saturated carbocycles. The summed E-state index contributed by atoms with van der Waals surface area (Å²) < 4.78 is 0. The lowest BCUT2D eigenvalue weighted by Crippen LogP contribution is -2.36. The van der Waals surface area contributed by atoms with Crippen LogP contribution in [0.3, 0.4) is 0 Å². The fourth-order valence-corrected chi connectivity index (χ4v) is 3.91. The highest BCUT2D eigenvalue weighted by Crippen LogP contribution is 2.34. The van der Waals surface area contributed by atoms with Gasteiger partial charge in [0, 0.05) is 50.1 Å². The molecular weight excluding hydrogens is 346 g/mol. The number of aromatic nitrogens is 3. The Labute approximate surface area is 157 Å². The van der Waals surface area contributed by atoms with Crippen molar-refractivity contribution in [2.24, 2.45) is 5.92 Å². The summed E-state index contributed by atoms with van der Waals surface area (Å²) in [6.45, 7) is 2.47. The lowest BCUT2D eigenvalue weighted by molar-refractivity contribution is -0.141. The van der Waals surface area contributed by atoms with E-state index < -0.39 is 11.9 Å². The first-order chi connectivity index (χ1) is 13.1. The van der Waals surface area contributed by atoms with Gasteiger partial charge in [-0.2, -0.15) is 0 Å². The Kier molecular flexibility index (Phi) is 4.89. The first-order valence-electron chi connectivity index (χ1n) is 9.25. The van der Waals surface area contributed by atoms with E-state index in [2.05, 4.69) is 19.9 Å². The fraction of sp³-hybridized carbons (Fsp3) is 0.474. The van der Waals surface area contributed by atoms with Gasteiger partial charge in [0.1, 0.15) is 18.0 Å². The molecule has 0 bridgehead atoms. The largest absolute Gasteiger partial charge is 0.481 e. The highest BCUT2D eigenvalue weighted by molar-refractivity contribution is 5.73. The Balaban J connectivity index is 1.55. The third-order valence-corrected chi connectivity index (χ3v) is 5.46. The molecule has 2 N–H and O–H groups in total. The molecule has 2 aromatic rings. The Morgan fingerprint density at radius 2 is 1.78 bits per heavy atom. The van der Waals surface area contributed by atoms with Gasteiger partial charge in [-0.1, -0.05) is 6.07 Å². The average molecular weight is 369 g/mol. The molecule has 2 aliphatic rings. The van der Waals surface area contributed by atoms with Gasteiger partial charge in [0.15, 0.2) is 0 Å². The van der Waals surface area contributed by atoms with Gasteiger partial charge in [-0.15, -0.1) is 0 Å². The molecule has 27 heavy (non-hydrogen) atoms. The van der Waals surface area contributed by atoms with Crippen molar-refractivity contribution in [3.63, 3.8) is 0 Å². The number of aliphatic hydroxyl groups excluding tert-OH is 1. The highest BCUT2D eigenvalue weighted by atomic mass is 16.4. The second-order valence-electron chi connectivity index (χ2n) is 7.16. The van der Waals surface area contributed by atoms with Crippen LogP contribution in [0, 0.1) is 5.92 Å². The molecule has 0 aromatic carbocycles. The van der Waals surface area contributed by atoms with E-state index in [4.69, 9.17) is 0 Å². The van der Waals surface area contributed by atoms with Crippen molar-refractivity contribution in [2.45, 2.75) is 24.9 Å². The van der Waals surface area contributed by atoms with Crippen molar-refractivity contribution in [2.75, 3.05) is 36.0 Å². The van der Waals surface area contributed by atoms with Crippen molar-refractivity contribution in [3.8, 4) is 0 Å². The summed E-state index contributed by atoms with van der Waals surface area (Å²) in [6.07, 6.45) is 4.44. The maximum absolute atomic E-state index is 11.8. The Bertz CT molecular complexity index is 795. The molecule has 4 heterocycles. The van der Waals surface area contributed by atoms with Crippen LogP contribution >= 0.6 is 0 Å².